The molecule has 0 aliphatic rings. The number of anilines is 1. The van der Waals surface area contributed by atoms with Gasteiger partial charge in [0.25, 0.3) is 0 Å². The van der Waals surface area contributed by atoms with Crippen LogP contribution in [0.5, 0.6) is 5.75 Å². The molecule has 0 bridgehead atoms. The zero-order valence-electron chi connectivity index (χ0n) is 10.9. The molecular formula is C16H17NO2. The van der Waals surface area contributed by atoms with Crippen LogP contribution in [0.1, 0.15) is 17.5 Å². The summed E-state index contributed by atoms with van der Waals surface area (Å²) >= 11 is 0. The highest BCUT2D eigenvalue weighted by molar-refractivity contribution is 5.91. The molecule has 0 aromatic heterocycles. The van der Waals surface area contributed by atoms with E-state index in [0.29, 0.717) is 6.42 Å². The fourth-order valence-corrected chi connectivity index (χ4v) is 1.90. The normalized spacial score (nSPS) is 10.2. The van der Waals surface area contributed by atoms with Gasteiger partial charge in [-0.3, -0.25) is 4.79 Å². The zero-order chi connectivity index (χ0) is 13.7. The highest BCUT2D eigenvalue weighted by atomic mass is 16.3. The van der Waals surface area contributed by atoms with E-state index >= 15 is 0 Å². The van der Waals surface area contributed by atoms with Gasteiger partial charge in [-0.15, -0.1) is 0 Å². The van der Waals surface area contributed by atoms with E-state index in [-0.39, 0.29) is 11.7 Å². The van der Waals surface area contributed by atoms with E-state index in [2.05, 4.69) is 5.32 Å². The number of amides is 1. The van der Waals surface area contributed by atoms with E-state index in [9.17, 15) is 9.90 Å². The fourth-order valence-electron chi connectivity index (χ4n) is 1.90. The lowest BCUT2D eigenvalue weighted by Gasteiger charge is -2.08. The maximum atomic E-state index is 11.8. The third-order valence-corrected chi connectivity index (χ3v) is 2.97. The van der Waals surface area contributed by atoms with Gasteiger partial charge in [0.2, 0.25) is 5.91 Å². The molecule has 98 valence electrons. The van der Waals surface area contributed by atoms with Gasteiger partial charge < -0.3 is 10.4 Å². The Morgan fingerprint density at radius 2 is 1.89 bits per heavy atom. The molecule has 2 aromatic carbocycles. The van der Waals surface area contributed by atoms with Gasteiger partial charge in [0.15, 0.2) is 0 Å². The summed E-state index contributed by atoms with van der Waals surface area (Å²) in [6.07, 6.45) is 1.17. The van der Waals surface area contributed by atoms with Crippen molar-refractivity contribution in [2.24, 2.45) is 0 Å². The molecule has 19 heavy (non-hydrogen) atoms. The zero-order valence-corrected chi connectivity index (χ0v) is 10.9. The quantitative estimate of drug-likeness (QED) is 0.824. The molecule has 2 rings (SSSR count). The number of hydrogen-bond donors (Lipinski definition) is 2. The van der Waals surface area contributed by atoms with E-state index < -0.39 is 0 Å². The van der Waals surface area contributed by atoms with Crippen LogP contribution in [0.3, 0.4) is 0 Å². The predicted octanol–water partition coefficient (Wildman–Crippen LogP) is 3.27. The first kappa shape index (κ1) is 13.1. The van der Waals surface area contributed by atoms with Crippen LogP contribution >= 0.6 is 0 Å². The Bertz CT molecular complexity index is 564. The van der Waals surface area contributed by atoms with Crippen molar-refractivity contribution in [2.75, 3.05) is 5.32 Å². The Labute approximate surface area is 112 Å². The van der Waals surface area contributed by atoms with Crippen molar-refractivity contribution in [3.05, 3.63) is 59.7 Å². The molecule has 0 fully saturated rings. The molecule has 1 amide bonds. The molecular weight excluding hydrogens is 238 g/mol. The average molecular weight is 255 g/mol. The van der Waals surface area contributed by atoms with Gasteiger partial charge >= 0.3 is 0 Å². The van der Waals surface area contributed by atoms with Crippen molar-refractivity contribution in [1.29, 1.82) is 0 Å². The second-order valence-corrected chi connectivity index (χ2v) is 4.53. The molecule has 0 radical (unpaired) electrons. The maximum absolute atomic E-state index is 11.8. The summed E-state index contributed by atoms with van der Waals surface area (Å²) in [4.78, 5) is 11.8. The van der Waals surface area contributed by atoms with Crippen LogP contribution in [0.25, 0.3) is 0 Å². The number of aryl methyl sites for hydroxylation is 2. The minimum atomic E-state index is -0.0161. The molecule has 0 saturated heterocycles. The monoisotopic (exact) mass is 255 g/mol. The minimum Gasteiger partial charge on any atom is -0.508 e. The number of phenols is 1. The molecule has 3 heteroatoms. The predicted molar refractivity (Wildman–Crippen MR) is 76.2 cm³/mol. The summed E-state index contributed by atoms with van der Waals surface area (Å²) in [5, 5.41) is 12.2. The molecule has 0 saturated carbocycles. The molecule has 0 atom stereocenters. The van der Waals surface area contributed by atoms with Crippen LogP contribution in [0.15, 0.2) is 48.5 Å². The molecule has 0 spiro atoms. The van der Waals surface area contributed by atoms with Crippen LogP contribution in [0.4, 0.5) is 5.69 Å². The fraction of sp³-hybridized carbons (Fsp3) is 0.188. The number of phenolic OH excluding ortho intramolecular Hbond substituents is 1. The topological polar surface area (TPSA) is 49.3 Å². The summed E-state index contributed by atoms with van der Waals surface area (Å²) in [5.41, 5.74) is 2.75. The molecule has 0 heterocycles. The lowest BCUT2D eigenvalue weighted by molar-refractivity contribution is -0.116. The molecule has 3 nitrogen and oxygen atoms in total. The summed E-state index contributed by atoms with van der Waals surface area (Å²) in [6, 6.07) is 14.8. The lowest BCUT2D eigenvalue weighted by atomic mass is 10.1. The number of benzene rings is 2. The minimum absolute atomic E-state index is 0.0161. The Hall–Kier alpha value is -2.29. The van der Waals surface area contributed by atoms with E-state index in [4.69, 9.17) is 0 Å². The smallest absolute Gasteiger partial charge is 0.224 e. The summed E-state index contributed by atoms with van der Waals surface area (Å²) < 4.78 is 0. The first-order valence-electron chi connectivity index (χ1n) is 6.28. The number of aromatic hydroxyl groups is 1. The first-order valence-corrected chi connectivity index (χ1v) is 6.28. The SMILES string of the molecule is Cc1cc(O)ccc1NC(=O)CCc1ccccc1. The number of rotatable bonds is 4. The molecule has 2 aromatic rings. The van der Waals surface area contributed by atoms with Crippen LogP contribution in [0, 0.1) is 6.92 Å². The Morgan fingerprint density at radius 1 is 1.16 bits per heavy atom. The third-order valence-electron chi connectivity index (χ3n) is 2.97. The summed E-state index contributed by atoms with van der Waals surface area (Å²) in [5.74, 6) is 0.192. The Kier molecular flexibility index (Phi) is 4.18. The van der Waals surface area contributed by atoms with Crippen LogP contribution in [-0.4, -0.2) is 11.0 Å². The number of nitrogens with one attached hydrogen (secondary N) is 1. The van der Waals surface area contributed by atoms with E-state index in [1.54, 1.807) is 18.2 Å². The van der Waals surface area contributed by atoms with E-state index in [1.165, 1.54) is 0 Å². The van der Waals surface area contributed by atoms with Crippen molar-refractivity contribution >= 4 is 11.6 Å². The van der Waals surface area contributed by atoms with Gasteiger partial charge in [-0.25, -0.2) is 0 Å². The van der Waals surface area contributed by atoms with Crippen molar-refractivity contribution in [3.63, 3.8) is 0 Å². The molecule has 2 N–H and O–H groups in total. The van der Waals surface area contributed by atoms with Crippen LogP contribution in [-0.2, 0) is 11.2 Å². The second-order valence-electron chi connectivity index (χ2n) is 4.53. The Morgan fingerprint density at radius 3 is 2.58 bits per heavy atom. The molecule has 0 unspecified atom stereocenters. The van der Waals surface area contributed by atoms with Crippen molar-refractivity contribution in [3.8, 4) is 5.75 Å². The molecule has 0 aliphatic carbocycles. The number of hydrogen-bond acceptors (Lipinski definition) is 2. The van der Waals surface area contributed by atoms with Crippen LogP contribution in [0.2, 0.25) is 0 Å². The van der Waals surface area contributed by atoms with Gasteiger partial charge in [0.1, 0.15) is 5.75 Å². The van der Waals surface area contributed by atoms with Gasteiger partial charge in [-0.2, -0.15) is 0 Å². The average Bonchev–Trinajstić information content (AvgIpc) is 2.41. The Balaban J connectivity index is 1.91. The standard InChI is InChI=1S/C16H17NO2/c1-12-11-14(18)8-9-15(12)17-16(19)10-7-13-5-3-2-4-6-13/h2-6,8-9,11,18H,7,10H2,1H3,(H,17,19). The van der Waals surface area contributed by atoms with Crippen molar-refractivity contribution < 1.29 is 9.90 Å². The second kappa shape index (κ2) is 6.05. The van der Waals surface area contributed by atoms with Gasteiger partial charge in [0, 0.05) is 12.1 Å². The largest absolute Gasteiger partial charge is 0.508 e. The summed E-state index contributed by atoms with van der Waals surface area (Å²) in [6.45, 7) is 1.85. The van der Waals surface area contributed by atoms with E-state index in [1.807, 2.05) is 37.3 Å². The third kappa shape index (κ3) is 3.85. The number of carbonyl (C=O) groups is 1. The summed E-state index contributed by atoms with van der Waals surface area (Å²) in [7, 11) is 0. The van der Waals surface area contributed by atoms with Crippen molar-refractivity contribution in [2.45, 2.75) is 19.8 Å². The van der Waals surface area contributed by atoms with Gasteiger partial charge in [-0.1, -0.05) is 30.3 Å². The first-order chi connectivity index (χ1) is 9.15. The van der Waals surface area contributed by atoms with E-state index in [0.717, 1.165) is 23.2 Å². The van der Waals surface area contributed by atoms with Gasteiger partial charge in [-0.05, 0) is 42.7 Å². The highest BCUT2D eigenvalue weighted by Crippen LogP contribution is 2.20. The van der Waals surface area contributed by atoms with Crippen molar-refractivity contribution in [1.82, 2.24) is 0 Å². The maximum Gasteiger partial charge on any atom is 0.224 e. The van der Waals surface area contributed by atoms with Crippen LogP contribution < -0.4 is 5.32 Å². The van der Waals surface area contributed by atoms with Gasteiger partial charge in [0.05, 0.1) is 0 Å². The lowest BCUT2D eigenvalue weighted by Crippen LogP contribution is -2.13. The molecule has 0 aliphatic heterocycles. The number of carbonyl (C=O) groups excluding carboxylic acids is 1. The highest BCUT2D eigenvalue weighted by Gasteiger charge is 2.05.